The molecule has 1 fully saturated rings. The fraction of sp³-hybridized carbons (Fsp3) is 0.588. The lowest BCUT2D eigenvalue weighted by Crippen LogP contribution is -2.43. The van der Waals surface area contributed by atoms with E-state index in [0.717, 1.165) is 32.6 Å². The molecule has 0 unspecified atom stereocenters. The summed E-state index contributed by atoms with van der Waals surface area (Å²) >= 11 is 1.75. The molecule has 1 aliphatic heterocycles. The summed E-state index contributed by atoms with van der Waals surface area (Å²) in [6.07, 6.45) is 5.24. The van der Waals surface area contributed by atoms with Crippen molar-refractivity contribution < 1.29 is 5.11 Å². The van der Waals surface area contributed by atoms with Gasteiger partial charge in [-0.2, -0.15) is 5.10 Å². The third-order valence-corrected chi connectivity index (χ3v) is 5.62. The van der Waals surface area contributed by atoms with E-state index in [1.165, 1.54) is 29.0 Å². The summed E-state index contributed by atoms with van der Waals surface area (Å²) in [7, 11) is 2.18. The van der Waals surface area contributed by atoms with Crippen LogP contribution in [0.2, 0.25) is 0 Å². The third-order valence-electron chi connectivity index (χ3n) is 4.73. The minimum atomic E-state index is 0.287. The predicted octanol–water partition coefficient (Wildman–Crippen LogP) is 2.42. The smallest absolute Gasteiger partial charge is 0.0794 e. The lowest BCUT2D eigenvalue weighted by Gasteiger charge is -2.36. The second kappa shape index (κ2) is 8.06. The monoisotopic (exact) mass is 334 g/mol. The van der Waals surface area contributed by atoms with Crippen LogP contribution in [0.3, 0.4) is 0 Å². The second-order valence-corrected chi connectivity index (χ2v) is 7.26. The molecule has 3 rings (SSSR count). The van der Waals surface area contributed by atoms with Gasteiger partial charge in [-0.15, -0.1) is 11.3 Å². The van der Waals surface area contributed by atoms with Gasteiger partial charge in [0.05, 0.1) is 16.8 Å². The number of rotatable bonds is 7. The number of aromatic nitrogens is 2. The van der Waals surface area contributed by atoms with Gasteiger partial charge >= 0.3 is 0 Å². The highest BCUT2D eigenvalue weighted by Gasteiger charge is 2.23. The van der Waals surface area contributed by atoms with Gasteiger partial charge in [-0.25, -0.2) is 0 Å². The van der Waals surface area contributed by atoms with E-state index in [0.29, 0.717) is 6.04 Å². The molecule has 1 saturated heterocycles. The van der Waals surface area contributed by atoms with Gasteiger partial charge in [-0.05, 0) is 50.8 Å². The minimum Gasteiger partial charge on any atom is -0.396 e. The summed E-state index contributed by atoms with van der Waals surface area (Å²) in [5.41, 5.74) is 2.46. The zero-order valence-electron chi connectivity index (χ0n) is 13.7. The zero-order chi connectivity index (χ0) is 16.1. The standard InChI is InChI=1S/C17H26N4OS/c1-20(7-3-10-22)15-5-8-21(9-6-15)13-14-12-18-19-17(14)16-4-2-11-23-16/h2,4,11-12,15,22H,3,5-10,13H2,1H3,(H,18,19). The molecule has 0 atom stereocenters. The minimum absolute atomic E-state index is 0.287. The maximum absolute atomic E-state index is 8.96. The van der Waals surface area contributed by atoms with Crippen LogP contribution in [0.5, 0.6) is 0 Å². The Bertz CT molecular complexity index is 575. The Morgan fingerprint density at radius 3 is 2.96 bits per heavy atom. The number of thiophene rings is 1. The van der Waals surface area contributed by atoms with Crippen LogP contribution in [-0.4, -0.2) is 64.4 Å². The predicted molar refractivity (Wildman–Crippen MR) is 94.5 cm³/mol. The Hall–Kier alpha value is -1.21. The molecule has 0 radical (unpaired) electrons. The number of aliphatic hydroxyl groups is 1. The van der Waals surface area contributed by atoms with Crippen LogP contribution in [0, 0.1) is 0 Å². The van der Waals surface area contributed by atoms with Crippen LogP contribution in [0.25, 0.3) is 10.6 Å². The summed E-state index contributed by atoms with van der Waals surface area (Å²) in [6.45, 7) is 4.50. The van der Waals surface area contributed by atoms with Crippen molar-refractivity contribution in [2.45, 2.75) is 31.8 Å². The van der Waals surface area contributed by atoms with E-state index < -0.39 is 0 Å². The molecule has 3 heterocycles. The molecule has 6 heteroatoms. The number of piperidine rings is 1. The molecular formula is C17H26N4OS. The van der Waals surface area contributed by atoms with Gasteiger partial charge in [0.15, 0.2) is 0 Å². The Labute approximate surface area is 141 Å². The Balaban J connectivity index is 1.53. The van der Waals surface area contributed by atoms with Gasteiger partial charge in [0.25, 0.3) is 0 Å². The van der Waals surface area contributed by atoms with E-state index in [-0.39, 0.29) is 6.61 Å². The Morgan fingerprint density at radius 1 is 1.43 bits per heavy atom. The Morgan fingerprint density at radius 2 is 2.26 bits per heavy atom. The van der Waals surface area contributed by atoms with Crippen molar-refractivity contribution in [3.8, 4) is 10.6 Å². The van der Waals surface area contributed by atoms with Crippen molar-refractivity contribution in [1.29, 1.82) is 0 Å². The van der Waals surface area contributed by atoms with Crippen molar-refractivity contribution in [2.75, 3.05) is 33.3 Å². The van der Waals surface area contributed by atoms with Crippen LogP contribution >= 0.6 is 11.3 Å². The fourth-order valence-electron chi connectivity index (χ4n) is 3.33. The van der Waals surface area contributed by atoms with Gasteiger partial charge in [0.2, 0.25) is 0 Å². The second-order valence-electron chi connectivity index (χ2n) is 6.31. The molecule has 1 aliphatic rings. The molecule has 0 spiro atoms. The lowest BCUT2D eigenvalue weighted by molar-refractivity contribution is 0.117. The number of H-pyrrole nitrogens is 1. The average molecular weight is 334 g/mol. The highest BCUT2D eigenvalue weighted by Crippen LogP contribution is 2.27. The molecule has 2 aromatic rings. The first-order valence-electron chi connectivity index (χ1n) is 8.37. The molecule has 23 heavy (non-hydrogen) atoms. The average Bonchev–Trinajstić information content (AvgIpc) is 3.24. The van der Waals surface area contributed by atoms with Crippen molar-refractivity contribution in [2.24, 2.45) is 0 Å². The maximum Gasteiger partial charge on any atom is 0.0794 e. The number of nitrogens with zero attached hydrogens (tertiary/aromatic N) is 3. The molecule has 0 aliphatic carbocycles. The quantitative estimate of drug-likeness (QED) is 0.816. The van der Waals surface area contributed by atoms with E-state index in [1.54, 1.807) is 11.3 Å². The molecule has 2 aromatic heterocycles. The van der Waals surface area contributed by atoms with Crippen molar-refractivity contribution in [3.63, 3.8) is 0 Å². The molecule has 0 bridgehead atoms. The van der Waals surface area contributed by atoms with E-state index in [4.69, 9.17) is 5.11 Å². The fourth-order valence-corrected chi connectivity index (χ4v) is 4.08. The normalized spacial score (nSPS) is 17.2. The maximum atomic E-state index is 8.96. The van der Waals surface area contributed by atoms with Gasteiger partial charge < -0.3 is 10.0 Å². The number of aromatic amines is 1. The molecule has 0 saturated carbocycles. The first kappa shape index (κ1) is 16.6. The number of aliphatic hydroxyl groups excluding tert-OH is 1. The summed E-state index contributed by atoms with van der Waals surface area (Å²) in [5, 5.41) is 18.5. The van der Waals surface area contributed by atoms with E-state index >= 15 is 0 Å². The Kier molecular flexibility index (Phi) is 5.83. The van der Waals surface area contributed by atoms with Crippen LogP contribution in [0.4, 0.5) is 0 Å². The SMILES string of the molecule is CN(CCCO)C1CCN(Cc2cn[nH]c2-c2cccs2)CC1. The molecular weight excluding hydrogens is 308 g/mol. The molecule has 2 N–H and O–H groups in total. The number of hydrogen-bond donors (Lipinski definition) is 2. The summed E-state index contributed by atoms with van der Waals surface area (Å²) in [5.74, 6) is 0. The summed E-state index contributed by atoms with van der Waals surface area (Å²) in [4.78, 5) is 6.19. The van der Waals surface area contributed by atoms with E-state index in [9.17, 15) is 0 Å². The molecule has 0 amide bonds. The van der Waals surface area contributed by atoms with E-state index in [2.05, 4.69) is 44.6 Å². The van der Waals surface area contributed by atoms with Crippen molar-refractivity contribution in [1.82, 2.24) is 20.0 Å². The van der Waals surface area contributed by atoms with Gasteiger partial charge in [-0.3, -0.25) is 10.00 Å². The van der Waals surface area contributed by atoms with Crippen LogP contribution in [0.15, 0.2) is 23.7 Å². The first-order chi connectivity index (χ1) is 11.3. The van der Waals surface area contributed by atoms with Gasteiger partial charge in [0, 0.05) is 31.3 Å². The highest BCUT2D eigenvalue weighted by molar-refractivity contribution is 7.13. The highest BCUT2D eigenvalue weighted by atomic mass is 32.1. The third kappa shape index (κ3) is 4.20. The molecule has 0 aromatic carbocycles. The largest absolute Gasteiger partial charge is 0.396 e. The van der Waals surface area contributed by atoms with Crippen LogP contribution in [0.1, 0.15) is 24.8 Å². The van der Waals surface area contributed by atoms with Gasteiger partial charge in [-0.1, -0.05) is 6.07 Å². The topological polar surface area (TPSA) is 55.4 Å². The van der Waals surface area contributed by atoms with Gasteiger partial charge in [0.1, 0.15) is 0 Å². The van der Waals surface area contributed by atoms with E-state index in [1.807, 2.05) is 6.20 Å². The molecule has 5 nitrogen and oxygen atoms in total. The van der Waals surface area contributed by atoms with Crippen molar-refractivity contribution >= 4 is 11.3 Å². The number of likely N-dealkylation sites (tertiary alicyclic amines) is 1. The molecule has 126 valence electrons. The number of hydrogen-bond acceptors (Lipinski definition) is 5. The van der Waals surface area contributed by atoms with Crippen molar-refractivity contribution in [3.05, 3.63) is 29.3 Å². The zero-order valence-corrected chi connectivity index (χ0v) is 14.6. The van der Waals surface area contributed by atoms with Crippen LogP contribution in [-0.2, 0) is 6.54 Å². The summed E-state index contributed by atoms with van der Waals surface area (Å²) in [6, 6.07) is 4.88. The van der Waals surface area contributed by atoms with Crippen LogP contribution < -0.4 is 0 Å². The summed E-state index contributed by atoms with van der Waals surface area (Å²) < 4.78 is 0. The first-order valence-corrected chi connectivity index (χ1v) is 9.25. The number of nitrogens with one attached hydrogen (secondary N) is 1. The lowest BCUT2D eigenvalue weighted by atomic mass is 10.0.